The van der Waals surface area contributed by atoms with Gasteiger partial charge in [-0.05, 0) is 38.1 Å². The molecule has 7 nitrogen and oxygen atoms in total. The second kappa shape index (κ2) is 10.1. The molecule has 0 bridgehead atoms. The molecule has 0 saturated carbocycles. The summed E-state index contributed by atoms with van der Waals surface area (Å²) in [5.74, 6) is -1.22. The van der Waals surface area contributed by atoms with Crippen molar-refractivity contribution in [2.45, 2.75) is 26.5 Å². The number of ketones is 1. The molecular formula is C23H27N2O5+. The lowest BCUT2D eigenvalue weighted by atomic mass is 10.1. The molecule has 2 aromatic carbocycles. The molecule has 0 unspecified atom stereocenters. The van der Waals surface area contributed by atoms with Crippen molar-refractivity contribution in [3.63, 3.8) is 0 Å². The van der Waals surface area contributed by atoms with Crippen LogP contribution in [0.2, 0.25) is 0 Å². The number of rotatable bonds is 7. The first-order valence-corrected chi connectivity index (χ1v) is 10.1. The monoisotopic (exact) mass is 411 g/mol. The number of carbonyl (C=O) groups is 3. The van der Waals surface area contributed by atoms with Gasteiger partial charge in [0.15, 0.2) is 11.9 Å². The Hall–Kier alpha value is -3.03. The largest absolute Gasteiger partial charge is 0.449 e. The van der Waals surface area contributed by atoms with Gasteiger partial charge in [-0.25, -0.2) is 4.79 Å². The summed E-state index contributed by atoms with van der Waals surface area (Å²) in [5.41, 5.74) is 2.32. The molecule has 0 spiro atoms. The van der Waals surface area contributed by atoms with Crippen LogP contribution in [0.3, 0.4) is 0 Å². The number of quaternary nitrogens is 1. The van der Waals surface area contributed by atoms with Gasteiger partial charge in [0.1, 0.15) is 19.6 Å². The molecule has 158 valence electrons. The predicted molar refractivity (Wildman–Crippen MR) is 112 cm³/mol. The van der Waals surface area contributed by atoms with E-state index in [0.717, 1.165) is 38.4 Å². The van der Waals surface area contributed by atoms with Gasteiger partial charge in [-0.3, -0.25) is 9.59 Å². The molecule has 3 rings (SSSR count). The number of morpholine rings is 1. The molecule has 2 aromatic rings. The second-order valence-electron chi connectivity index (χ2n) is 7.37. The van der Waals surface area contributed by atoms with Crippen molar-refractivity contribution in [2.24, 2.45) is 0 Å². The second-order valence-corrected chi connectivity index (χ2v) is 7.37. The number of ether oxygens (including phenoxy) is 2. The smallest absolute Gasteiger partial charge is 0.338 e. The molecule has 30 heavy (non-hydrogen) atoms. The van der Waals surface area contributed by atoms with Crippen molar-refractivity contribution in [3.8, 4) is 0 Å². The van der Waals surface area contributed by atoms with Crippen LogP contribution in [0.1, 0.15) is 40.1 Å². The summed E-state index contributed by atoms with van der Waals surface area (Å²) in [5, 5.41) is 2.65. The van der Waals surface area contributed by atoms with E-state index in [1.54, 1.807) is 36.4 Å². The van der Waals surface area contributed by atoms with Crippen molar-refractivity contribution >= 4 is 23.3 Å². The third kappa shape index (κ3) is 5.75. The van der Waals surface area contributed by atoms with Crippen LogP contribution in [0.5, 0.6) is 0 Å². The van der Waals surface area contributed by atoms with Crippen molar-refractivity contribution in [3.05, 3.63) is 65.2 Å². The number of hydrogen-bond donors (Lipinski definition) is 2. The van der Waals surface area contributed by atoms with Crippen LogP contribution in [-0.2, 0) is 20.8 Å². The number of hydrogen-bond acceptors (Lipinski definition) is 5. The van der Waals surface area contributed by atoms with E-state index in [0.29, 0.717) is 16.8 Å². The fourth-order valence-corrected chi connectivity index (χ4v) is 3.30. The minimum absolute atomic E-state index is 0.158. The lowest BCUT2D eigenvalue weighted by Crippen LogP contribution is -3.12. The van der Waals surface area contributed by atoms with Crippen molar-refractivity contribution < 1.29 is 28.8 Å². The Morgan fingerprint density at radius 1 is 1.07 bits per heavy atom. The zero-order valence-corrected chi connectivity index (χ0v) is 17.3. The quantitative estimate of drug-likeness (QED) is 0.533. The molecule has 1 atom stereocenters. The van der Waals surface area contributed by atoms with E-state index in [1.165, 1.54) is 18.7 Å². The molecule has 1 heterocycles. The van der Waals surface area contributed by atoms with Crippen LogP contribution in [-0.4, -0.2) is 50.1 Å². The average Bonchev–Trinajstić information content (AvgIpc) is 2.75. The first kappa shape index (κ1) is 21.7. The van der Waals surface area contributed by atoms with E-state index in [-0.39, 0.29) is 5.78 Å². The number of anilines is 1. The third-order valence-electron chi connectivity index (χ3n) is 5.06. The molecule has 7 heteroatoms. The van der Waals surface area contributed by atoms with Gasteiger partial charge in [-0.15, -0.1) is 0 Å². The summed E-state index contributed by atoms with van der Waals surface area (Å²) in [6.45, 7) is 7.31. The van der Waals surface area contributed by atoms with Crippen molar-refractivity contribution in [1.29, 1.82) is 0 Å². The Labute approximate surface area is 176 Å². The number of amides is 1. The van der Waals surface area contributed by atoms with Gasteiger partial charge >= 0.3 is 5.97 Å². The summed E-state index contributed by atoms with van der Waals surface area (Å²) in [7, 11) is 0. The van der Waals surface area contributed by atoms with Crippen LogP contribution in [0.15, 0.2) is 48.5 Å². The maximum Gasteiger partial charge on any atom is 0.338 e. The first-order valence-electron chi connectivity index (χ1n) is 10.1. The molecule has 1 amide bonds. The van der Waals surface area contributed by atoms with E-state index in [1.807, 2.05) is 12.1 Å². The normalized spacial score (nSPS) is 15.3. The first-order chi connectivity index (χ1) is 14.4. The molecule has 1 saturated heterocycles. The number of benzene rings is 2. The van der Waals surface area contributed by atoms with E-state index in [2.05, 4.69) is 5.32 Å². The van der Waals surface area contributed by atoms with Crippen LogP contribution >= 0.6 is 0 Å². The van der Waals surface area contributed by atoms with Gasteiger partial charge in [0, 0.05) is 11.1 Å². The van der Waals surface area contributed by atoms with Crippen LogP contribution in [0, 0.1) is 0 Å². The van der Waals surface area contributed by atoms with E-state index >= 15 is 0 Å². The number of carbonyl (C=O) groups excluding carboxylic acids is 3. The Balaban J connectivity index is 1.55. The highest BCUT2D eigenvalue weighted by Gasteiger charge is 2.21. The van der Waals surface area contributed by atoms with E-state index < -0.39 is 18.0 Å². The fraction of sp³-hybridized carbons (Fsp3) is 0.348. The number of Topliss-reactive ketones (excluding diaryl/α,β-unsaturated/α-hetero) is 1. The lowest BCUT2D eigenvalue weighted by molar-refractivity contribution is -0.921. The van der Waals surface area contributed by atoms with Gasteiger partial charge < -0.3 is 19.7 Å². The number of nitrogens with one attached hydrogen (secondary N) is 2. The number of esters is 1. The van der Waals surface area contributed by atoms with Gasteiger partial charge in [0.25, 0.3) is 5.91 Å². The summed E-state index contributed by atoms with van der Waals surface area (Å²) in [6.07, 6.45) is -1.00. The summed E-state index contributed by atoms with van der Waals surface area (Å²) >= 11 is 0. The highest BCUT2D eigenvalue weighted by atomic mass is 16.5. The summed E-state index contributed by atoms with van der Waals surface area (Å²) in [4.78, 5) is 38.0. The van der Waals surface area contributed by atoms with Gasteiger partial charge in [-0.1, -0.05) is 24.3 Å². The molecule has 0 radical (unpaired) electrons. The number of para-hydroxylation sites is 1. The highest BCUT2D eigenvalue weighted by Crippen LogP contribution is 2.16. The maximum absolute atomic E-state index is 12.4. The van der Waals surface area contributed by atoms with Crippen LogP contribution in [0.25, 0.3) is 0 Å². The zero-order chi connectivity index (χ0) is 21.5. The molecular weight excluding hydrogens is 384 g/mol. The molecule has 1 aliphatic heterocycles. The zero-order valence-electron chi connectivity index (χ0n) is 17.3. The lowest BCUT2D eigenvalue weighted by Gasteiger charge is -2.23. The molecule has 1 aliphatic rings. The average molecular weight is 411 g/mol. The van der Waals surface area contributed by atoms with Gasteiger partial charge in [0.05, 0.1) is 24.5 Å². The maximum atomic E-state index is 12.4. The topological polar surface area (TPSA) is 86.1 Å². The molecule has 0 aromatic heterocycles. The van der Waals surface area contributed by atoms with Gasteiger partial charge in [0.2, 0.25) is 0 Å². The molecule has 2 N–H and O–H groups in total. The SMILES string of the molecule is CC(=O)c1ccccc1NC(=O)[C@@H](C)OC(=O)c1ccc(C[NH+]2CCOCC2)cc1. The van der Waals surface area contributed by atoms with E-state index in [9.17, 15) is 14.4 Å². The Morgan fingerprint density at radius 2 is 1.73 bits per heavy atom. The van der Waals surface area contributed by atoms with Crippen molar-refractivity contribution in [1.82, 2.24) is 0 Å². The molecule has 1 fully saturated rings. The van der Waals surface area contributed by atoms with E-state index in [4.69, 9.17) is 9.47 Å². The standard InChI is InChI=1S/C23H26N2O5/c1-16(26)20-5-3-4-6-21(20)24-22(27)17(2)30-23(28)19-9-7-18(8-10-19)15-25-11-13-29-14-12-25/h3-10,17H,11-15H2,1-2H3,(H,24,27)/p+1/t17-/m1/s1. The highest BCUT2D eigenvalue weighted by molar-refractivity contribution is 6.05. The minimum Gasteiger partial charge on any atom is -0.449 e. The van der Waals surface area contributed by atoms with Crippen LogP contribution in [0.4, 0.5) is 5.69 Å². The minimum atomic E-state index is -1.00. The van der Waals surface area contributed by atoms with Crippen molar-refractivity contribution in [2.75, 3.05) is 31.6 Å². The fourth-order valence-electron chi connectivity index (χ4n) is 3.30. The van der Waals surface area contributed by atoms with Crippen LogP contribution < -0.4 is 10.2 Å². The Morgan fingerprint density at radius 3 is 2.40 bits per heavy atom. The summed E-state index contributed by atoms with van der Waals surface area (Å²) in [6, 6.07) is 14.0. The Kier molecular flexibility index (Phi) is 7.32. The van der Waals surface area contributed by atoms with Gasteiger partial charge in [-0.2, -0.15) is 0 Å². The Bertz CT molecular complexity index is 904. The molecule has 0 aliphatic carbocycles. The third-order valence-corrected chi connectivity index (χ3v) is 5.06. The predicted octanol–water partition coefficient (Wildman–Crippen LogP) is 1.49. The summed E-state index contributed by atoms with van der Waals surface area (Å²) < 4.78 is 10.7.